The maximum Gasteiger partial charge on any atom is 0.126 e. The minimum atomic E-state index is -0.0476. The molecule has 94 valence electrons. The maximum absolute atomic E-state index is 13.7. The molecule has 1 nitrogen and oxygen atoms in total. The summed E-state index contributed by atoms with van der Waals surface area (Å²) < 4.78 is 13.7. The fraction of sp³-hybridized carbons (Fsp3) is 0.600. The van der Waals surface area contributed by atoms with E-state index in [0.29, 0.717) is 0 Å². The Morgan fingerprint density at radius 2 is 1.88 bits per heavy atom. The zero-order valence-corrected chi connectivity index (χ0v) is 10.6. The third kappa shape index (κ3) is 3.06. The lowest BCUT2D eigenvalue weighted by atomic mass is 9.70. The van der Waals surface area contributed by atoms with Gasteiger partial charge in [0.25, 0.3) is 0 Å². The van der Waals surface area contributed by atoms with Crippen LogP contribution in [-0.2, 0) is 6.42 Å². The van der Waals surface area contributed by atoms with Gasteiger partial charge in [-0.15, -0.1) is 0 Å². The quantitative estimate of drug-likeness (QED) is 0.841. The van der Waals surface area contributed by atoms with Gasteiger partial charge < -0.3 is 5.32 Å². The van der Waals surface area contributed by atoms with Crippen molar-refractivity contribution in [3.63, 3.8) is 0 Å². The Kier molecular flexibility index (Phi) is 4.16. The Bertz CT molecular complexity index is 350. The molecule has 17 heavy (non-hydrogen) atoms. The second-order valence-corrected chi connectivity index (χ2v) is 5.36. The van der Waals surface area contributed by atoms with E-state index in [1.165, 1.54) is 32.1 Å². The van der Waals surface area contributed by atoms with Crippen molar-refractivity contribution in [2.75, 3.05) is 13.6 Å². The van der Waals surface area contributed by atoms with E-state index in [1.54, 1.807) is 12.1 Å². The summed E-state index contributed by atoms with van der Waals surface area (Å²) in [7, 11) is 2.00. The van der Waals surface area contributed by atoms with Crippen LogP contribution in [0.1, 0.15) is 37.7 Å². The van der Waals surface area contributed by atoms with Crippen LogP contribution in [0.15, 0.2) is 24.3 Å². The van der Waals surface area contributed by atoms with E-state index < -0.39 is 0 Å². The Morgan fingerprint density at radius 1 is 1.18 bits per heavy atom. The number of hydrogen-bond acceptors (Lipinski definition) is 1. The molecule has 0 atom stereocenters. The first-order valence-electron chi connectivity index (χ1n) is 6.64. The number of hydrogen-bond donors (Lipinski definition) is 1. The summed E-state index contributed by atoms with van der Waals surface area (Å²) in [6.45, 7) is 1.00. The minimum absolute atomic E-state index is 0.0476. The summed E-state index contributed by atoms with van der Waals surface area (Å²) in [5.74, 6) is -0.0476. The van der Waals surface area contributed by atoms with E-state index in [-0.39, 0.29) is 11.2 Å². The normalized spacial score (nSPS) is 19.2. The zero-order chi connectivity index (χ0) is 12.1. The first kappa shape index (κ1) is 12.6. The van der Waals surface area contributed by atoms with Crippen molar-refractivity contribution in [1.29, 1.82) is 0 Å². The number of halogens is 1. The van der Waals surface area contributed by atoms with E-state index >= 15 is 0 Å². The average molecular weight is 235 g/mol. The smallest absolute Gasteiger partial charge is 0.126 e. The monoisotopic (exact) mass is 235 g/mol. The van der Waals surface area contributed by atoms with Crippen LogP contribution in [0.4, 0.5) is 4.39 Å². The van der Waals surface area contributed by atoms with Crippen LogP contribution in [0.25, 0.3) is 0 Å². The fourth-order valence-corrected chi connectivity index (χ4v) is 3.14. The van der Waals surface area contributed by atoms with Crippen molar-refractivity contribution >= 4 is 0 Å². The molecule has 1 N–H and O–H groups in total. The molecule has 1 saturated carbocycles. The highest BCUT2D eigenvalue weighted by atomic mass is 19.1. The second kappa shape index (κ2) is 5.63. The standard InChI is InChI=1S/C15H22FN/c1-17-12-15(9-5-2-6-10-15)11-13-7-3-4-8-14(13)16/h3-4,7-8,17H,2,5-6,9-12H2,1H3. The minimum Gasteiger partial charge on any atom is -0.319 e. The summed E-state index contributed by atoms with van der Waals surface area (Å²) in [6, 6.07) is 7.21. The molecule has 0 saturated heterocycles. The molecule has 1 aliphatic carbocycles. The highest BCUT2D eigenvalue weighted by Gasteiger charge is 2.32. The van der Waals surface area contributed by atoms with E-state index in [2.05, 4.69) is 5.32 Å². The Morgan fingerprint density at radius 3 is 2.53 bits per heavy atom. The van der Waals surface area contributed by atoms with Gasteiger partial charge >= 0.3 is 0 Å². The predicted octanol–water partition coefficient (Wildman–Crippen LogP) is 3.54. The van der Waals surface area contributed by atoms with Gasteiger partial charge in [0, 0.05) is 6.54 Å². The molecule has 1 aromatic rings. The van der Waals surface area contributed by atoms with Crippen molar-refractivity contribution in [3.8, 4) is 0 Å². The van der Waals surface area contributed by atoms with Crippen molar-refractivity contribution < 1.29 is 4.39 Å². The summed E-state index contributed by atoms with van der Waals surface area (Å²) in [6.07, 6.45) is 7.24. The fourth-order valence-electron chi connectivity index (χ4n) is 3.14. The zero-order valence-electron chi connectivity index (χ0n) is 10.6. The van der Waals surface area contributed by atoms with Gasteiger partial charge in [-0.2, -0.15) is 0 Å². The molecule has 1 aromatic carbocycles. The van der Waals surface area contributed by atoms with Gasteiger partial charge in [-0.1, -0.05) is 37.5 Å². The SMILES string of the molecule is CNCC1(Cc2ccccc2F)CCCCC1. The number of rotatable bonds is 4. The van der Waals surface area contributed by atoms with Crippen LogP contribution >= 0.6 is 0 Å². The van der Waals surface area contributed by atoms with Crippen LogP contribution in [0.3, 0.4) is 0 Å². The van der Waals surface area contributed by atoms with E-state index in [0.717, 1.165) is 18.5 Å². The molecule has 0 radical (unpaired) electrons. The Hall–Kier alpha value is -0.890. The van der Waals surface area contributed by atoms with Crippen LogP contribution in [0, 0.1) is 11.2 Å². The lowest BCUT2D eigenvalue weighted by molar-refractivity contribution is 0.183. The first-order chi connectivity index (χ1) is 8.26. The van der Waals surface area contributed by atoms with E-state index in [9.17, 15) is 4.39 Å². The molecule has 0 amide bonds. The van der Waals surface area contributed by atoms with E-state index in [4.69, 9.17) is 0 Å². The lowest BCUT2D eigenvalue weighted by Gasteiger charge is -2.37. The summed E-state index contributed by atoms with van der Waals surface area (Å²) in [5, 5.41) is 3.30. The predicted molar refractivity (Wildman–Crippen MR) is 69.5 cm³/mol. The molecule has 0 spiro atoms. The van der Waals surface area contributed by atoms with Crippen LogP contribution in [-0.4, -0.2) is 13.6 Å². The van der Waals surface area contributed by atoms with Crippen LogP contribution in [0.2, 0.25) is 0 Å². The largest absolute Gasteiger partial charge is 0.319 e. The highest BCUT2D eigenvalue weighted by Crippen LogP contribution is 2.39. The molecule has 0 aliphatic heterocycles. The third-order valence-electron chi connectivity index (χ3n) is 3.99. The summed E-state index contributed by atoms with van der Waals surface area (Å²) in [4.78, 5) is 0. The molecule has 0 bridgehead atoms. The van der Waals surface area contributed by atoms with Gasteiger partial charge in [0.05, 0.1) is 0 Å². The molecule has 1 fully saturated rings. The number of nitrogens with one attached hydrogen (secondary N) is 1. The molecule has 0 heterocycles. The molecule has 2 heteroatoms. The van der Waals surface area contributed by atoms with Crippen molar-refractivity contribution in [3.05, 3.63) is 35.6 Å². The molecule has 2 rings (SSSR count). The van der Waals surface area contributed by atoms with Gasteiger partial charge in [0.2, 0.25) is 0 Å². The molecule has 0 unspecified atom stereocenters. The third-order valence-corrected chi connectivity index (χ3v) is 3.99. The topological polar surface area (TPSA) is 12.0 Å². The van der Waals surface area contributed by atoms with Crippen LogP contribution < -0.4 is 5.32 Å². The Labute approximate surface area is 103 Å². The molecule has 1 aliphatic rings. The lowest BCUT2D eigenvalue weighted by Crippen LogP contribution is -2.36. The molecular weight excluding hydrogens is 213 g/mol. The van der Waals surface area contributed by atoms with Gasteiger partial charge in [-0.25, -0.2) is 4.39 Å². The number of benzene rings is 1. The summed E-state index contributed by atoms with van der Waals surface area (Å²) >= 11 is 0. The van der Waals surface area contributed by atoms with Crippen LogP contribution in [0.5, 0.6) is 0 Å². The van der Waals surface area contributed by atoms with Gasteiger partial charge in [-0.05, 0) is 43.4 Å². The molecule has 0 aromatic heterocycles. The van der Waals surface area contributed by atoms with Gasteiger partial charge in [0.15, 0.2) is 0 Å². The molecular formula is C15H22FN. The first-order valence-corrected chi connectivity index (χ1v) is 6.64. The van der Waals surface area contributed by atoms with Gasteiger partial charge in [-0.3, -0.25) is 0 Å². The van der Waals surface area contributed by atoms with Gasteiger partial charge in [0.1, 0.15) is 5.82 Å². The maximum atomic E-state index is 13.7. The van der Waals surface area contributed by atoms with E-state index in [1.807, 2.05) is 19.2 Å². The highest BCUT2D eigenvalue weighted by molar-refractivity contribution is 5.19. The van der Waals surface area contributed by atoms with Crippen molar-refractivity contribution in [1.82, 2.24) is 5.32 Å². The van der Waals surface area contributed by atoms with Crippen molar-refractivity contribution in [2.24, 2.45) is 5.41 Å². The Balaban J connectivity index is 2.14. The van der Waals surface area contributed by atoms with Crippen molar-refractivity contribution in [2.45, 2.75) is 38.5 Å². The summed E-state index contributed by atoms with van der Waals surface area (Å²) in [5.41, 5.74) is 1.15. The second-order valence-electron chi connectivity index (χ2n) is 5.36. The average Bonchev–Trinajstić information content (AvgIpc) is 2.34.